The van der Waals surface area contributed by atoms with Crippen LogP contribution in [0.2, 0.25) is 0 Å². The maximum Gasteiger partial charge on any atom is 0.106 e. The highest BCUT2D eigenvalue weighted by atomic mass is 16.6. The summed E-state index contributed by atoms with van der Waals surface area (Å²) in [6.07, 6.45) is 12.7. The van der Waals surface area contributed by atoms with Crippen molar-refractivity contribution < 1.29 is 9.94 Å². The zero-order chi connectivity index (χ0) is 24.9. The fourth-order valence-corrected chi connectivity index (χ4v) is 11.4. The Morgan fingerprint density at radius 2 is 1.38 bits per heavy atom. The van der Waals surface area contributed by atoms with Crippen molar-refractivity contribution in [3.05, 3.63) is 0 Å². The van der Waals surface area contributed by atoms with Gasteiger partial charge in [0, 0.05) is 5.92 Å². The van der Waals surface area contributed by atoms with Crippen LogP contribution in [0.4, 0.5) is 0 Å². The van der Waals surface area contributed by atoms with E-state index >= 15 is 0 Å². The van der Waals surface area contributed by atoms with E-state index in [1.165, 1.54) is 57.8 Å². The van der Waals surface area contributed by atoms with Gasteiger partial charge in [-0.2, -0.15) is 0 Å². The number of nitrogens with zero attached hydrogens (tertiary/aromatic N) is 1. The van der Waals surface area contributed by atoms with Crippen LogP contribution in [0.25, 0.3) is 0 Å². The molecule has 5 aliphatic carbocycles. The Bertz CT molecular complexity index is 865. The monoisotopic (exact) mass is 471 g/mol. The van der Waals surface area contributed by atoms with Gasteiger partial charge in [-0.3, -0.25) is 0 Å². The number of aliphatic hydroxyl groups excluding tert-OH is 1. The standard InChI is InChI=1S/C31H53NO2/c1-20-25(32-34-9)21(33)18-23-28(20,5)11-10-22-29(23,6)15-17-31(8)24-19-26(2,3)12-13-27(24,4)14-16-30(22,31)7/h20-24,33H,10-19H2,1-9H3/b32-25+/t20-,21+,22+,23+,24-,27+,28+,29-,30+,31-/m0/s1. The van der Waals surface area contributed by atoms with E-state index in [9.17, 15) is 5.11 Å². The SMILES string of the molecule is CO/N=C1/[C@H](O)C[C@@H]2[C@](C)(CC[C@@H]3[C@]2(C)CC[C@@]2(C)[C@H]4CC(C)(C)CC[C@]4(C)CC[C@]32C)[C@H]1C. The van der Waals surface area contributed by atoms with E-state index in [4.69, 9.17) is 4.84 Å². The van der Waals surface area contributed by atoms with Gasteiger partial charge in [0.15, 0.2) is 0 Å². The van der Waals surface area contributed by atoms with Crippen LogP contribution < -0.4 is 0 Å². The third-order valence-corrected chi connectivity index (χ3v) is 14.0. The number of hydrogen-bond acceptors (Lipinski definition) is 3. The van der Waals surface area contributed by atoms with Crippen LogP contribution >= 0.6 is 0 Å². The van der Waals surface area contributed by atoms with Crippen molar-refractivity contribution in [1.82, 2.24) is 0 Å². The number of oxime groups is 1. The Kier molecular flexibility index (Phi) is 5.52. The van der Waals surface area contributed by atoms with Gasteiger partial charge in [0.2, 0.25) is 0 Å². The number of hydrogen-bond donors (Lipinski definition) is 1. The molecule has 5 rings (SSSR count). The fraction of sp³-hybridized carbons (Fsp3) is 0.968. The highest BCUT2D eigenvalue weighted by molar-refractivity contribution is 5.91. The summed E-state index contributed by atoms with van der Waals surface area (Å²) >= 11 is 0. The summed E-state index contributed by atoms with van der Waals surface area (Å²) in [6.45, 7) is 20.6. The molecule has 5 saturated carbocycles. The third kappa shape index (κ3) is 3.07. The summed E-state index contributed by atoms with van der Waals surface area (Å²) in [5, 5.41) is 15.5. The van der Waals surface area contributed by atoms with Crippen LogP contribution in [0, 0.1) is 56.2 Å². The molecule has 34 heavy (non-hydrogen) atoms. The van der Waals surface area contributed by atoms with E-state index in [0.29, 0.717) is 33.0 Å². The average molecular weight is 472 g/mol. The Hall–Kier alpha value is -0.570. The predicted octanol–water partition coefficient (Wildman–Crippen LogP) is 7.86. The summed E-state index contributed by atoms with van der Waals surface area (Å²) in [7, 11) is 1.62. The first kappa shape index (κ1) is 25.1. The summed E-state index contributed by atoms with van der Waals surface area (Å²) < 4.78 is 0. The van der Waals surface area contributed by atoms with Gasteiger partial charge in [-0.1, -0.05) is 60.5 Å². The van der Waals surface area contributed by atoms with E-state index < -0.39 is 6.10 Å². The molecule has 5 fully saturated rings. The molecule has 10 atom stereocenters. The first-order valence-corrected chi connectivity index (χ1v) is 14.5. The van der Waals surface area contributed by atoms with E-state index in [1.807, 2.05) is 0 Å². The average Bonchev–Trinajstić information content (AvgIpc) is 2.76. The highest BCUT2D eigenvalue weighted by Gasteiger charge is 2.71. The fourth-order valence-electron chi connectivity index (χ4n) is 11.4. The Morgan fingerprint density at radius 3 is 2.06 bits per heavy atom. The van der Waals surface area contributed by atoms with Gasteiger partial charge >= 0.3 is 0 Å². The topological polar surface area (TPSA) is 41.8 Å². The van der Waals surface area contributed by atoms with E-state index in [-0.39, 0.29) is 11.3 Å². The molecule has 3 nitrogen and oxygen atoms in total. The molecule has 0 spiro atoms. The van der Waals surface area contributed by atoms with Crippen molar-refractivity contribution in [2.75, 3.05) is 7.11 Å². The molecule has 0 heterocycles. The molecule has 5 aliphatic rings. The smallest absolute Gasteiger partial charge is 0.106 e. The number of rotatable bonds is 1. The molecule has 0 saturated heterocycles. The molecule has 0 aromatic carbocycles. The van der Waals surface area contributed by atoms with E-state index in [1.54, 1.807) is 7.11 Å². The normalized spacial score (nSPS) is 57.7. The van der Waals surface area contributed by atoms with Crippen molar-refractivity contribution in [2.24, 2.45) is 61.3 Å². The van der Waals surface area contributed by atoms with Gasteiger partial charge in [-0.05, 0) is 114 Å². The molecular weight excluding hydrogens is 418 g/mol. The first-order valence-electron chi connectivity index (χ1n) is 14.5. The zero-order valence-corrected chi connectivity index (χ0v) is 23.8. The lowest BCUT2D eigenvalue weighted by atomic mass is 9.30. The quantitative estimate of drug-likeness (QED) is 0.395. The predicted molar refractivity (Wildman–Crippen MR) is 141 cm³/mol. The van der Waals surface area contributed by atoms with E-state index in [2.05, 4.69) is 60.5 Å². The molecule has 0 aromatic heterocycles. The molecule has 0 amide bonds. The molecule has 1 N–H and O–H groups in total. The summed E-state index contributed by atoms with van der Waals surface area (Å²) in [6, 6.07) is 0. The van der Waals surface area contributed by atoms with Crippen molar-refractivity contribution >= 4 is 5.71 Å². The number of fused-ring (bicyclic) bond motifs is 7. The van der Waals surface area contributed by atoms with Crippen molar-refractivity contribution in [3.63, 3.8) is 0 Å². The van der Waals surface area contributed by atoms with Gasteiger partial charge in [0.1, 0.15) is 7.11 Å². The summed E-state index contributed by atoms with van der Waals surface area (Å²) in [5.41, 5.74) is 3.22. The van der Waals surface area contributed by atoms with Crippen LogP contribution in [0.15, 0.2) is 5.16 Å². The Morgan fingerprint density at radius 1 is 0.765 bits per heavy atom. The minimum atomic E-state index is -0.460. The molecule has 0 aromatic rings. The second-order valence-electron chi connectivity index (χ2n) is 15.7. The zero-order valence-electron chi connectivity index (χ0n) is 23.8. The minimum absolute atomic E-state index is 0.196. The van der Waals surface area contributed by atoms with Gasteiger partial charge in [-0.25, -0.2) is 0 Å². The minimum Gasteiger partial charge on any atom is -0.399 e. The van der Waals surface area contributed by atoms with Crippen LogP contribution in [0.1, 0.15) is 120 Å². The van der Waals surface area contributed by atoms with Crippen LogP contribution in [0.5, 0.6) is 0 Å². The molecule has 0 bridgehead atoms. The molecule has 0 aliphatic heterocycles. The second kappa shape index (κ2) is 7.48. The van der Waals surface area contributed by atoms with Gasteiger partial charge in [-0.15, -0.1) is 0 Å². The molecular formula is C31H53NO2. The first-order chi connectivity index (χ1) is 15.7. The van der Waals surface area contributed by atoms with Crippen LogP contribution in [-0.2, 0) is 4.84 Å². The summed E-state index contributed by atoms with van der Waals surface area (Å²) in [5.74, 6) is 2.43. The summed E-state index contributed by atoms with van der Waals surface area (Å²) in [4.78, 5) is 5.18. The van der Waals surface area contributed by atoms with Crippen LogP contribution in [0.3, 0.4) is 0 Å². The van der Waals surface area contributed by atoms with Crippen molar-refractivity contribution in [2.45, 2.75) is 126 Å². The van der Waals surface area contributed by atoms with Gasteiger partial charge in [0.25, 0.3) is 0 Å². The lowest BCUT2D eigenvalue weighted by Gasteiger charge is -2.75. The molecule has 0 unspecified atom stereocenters. The van der Waals surface area contributed by atoms with Crippen molar-refractivity contribution in [3.8, 4) is 0 Å². The molecule has 3 heteroatoms. The van der Waals surface area contributed by atoms with Gasteiger partial charge in [0.05, 0.1) is 11.8 Å². The third-order valence-electron chi connectivity index (χ3n) is 14.0. The van der Waals surface area contributed by atoms with E-state index in [0.717, 1.165) is 24.0 Å². The Balaban J connectivity index is 1.54. The van der Waals surface area contributed by atoms with Crippen LogP contribution in [-0.4, -0.2) is 24.0 Å². The molecule has 194 valence electrons. The lowest BCUT2D eigenvalue weighted by Crippen LogP contribution is -2.68. The van der Waals surface area contributed by atoms with Gasteiger partial charge < -0.3 is 9.94 Å². The van der Waals surface area contributed by atoms with Crippen molar-refractivity contribution in [1.29, 1.82) is 0 Å². The molecule has 0 radical (unpaired) electrons. The lowest BCUT2D eigenvalue weighted by molar-refractivity contribution is -0.256. The second-order valence-corrected chi connectivity index (χ2v) is 15.7. The number of aliphatic hydroxyl groups is 1. The highest BCUT2D eigenvalue weighted by Crippen LogP contribution is 2.78. The maximum atomic E-state index is 11.2. The maximum absolute atomic E-state index is 11.2. The largest absolute Gasteiger partial charge is 0.399 e. The Labute approximate surface area is 209 Å².